The number of benzene rings is 1. The van der Waals surface area contributed by atoms with Crippen molar-refractivity contribution in [1.82, 2.24) is 4.90 Å². The van der Waals surface area contributed by atoms with E-state index in [1.807, 2.05) is 11.9 Å². The van der Waals surface area contributed by atoms with E-state index in [0.717, 1.165) is 51.5 Å². The van der Waals surface area contributed by atoms with E-state index in [1.165, 1.54) is 16.8 Å². The summed E-state index contributed by atoms with van der Waals surface area (Å²) in [5.74, 6) is 0.178. The fourth-order valence-electron chi connectivity index (χ4n) is 3.98. The zero-order chi connectivity index (χ0) is 19.8. The van der Waals surface area contributed by atoms with Crippen molar-refractivity contribution in [2.45, 2.75) is 71.3 Å². The second-order valence-corrected chi connectivity index (χ2v) is 8.00. The standard InChI is InChI=1S/C22H35N3O2/c1-16-8-7-9-17(2)21(16)24-19-13-11-18(12-14-19)22(27)25(3)15-6-4-5-10-20(23)26/h7-9,18-19,24H,4-6,10-15H2,1-3H3,(H2,23,26). The quantitative estimate of drug-likeness (QED) is 0.647. The number of nitrogens with one attached hydrogen (secondary N) is 1. The Kier molecular flexibility index (Phi) is 8.14. The summed E-state index contributed by atoms with van der Waals surface area (Å²) in [6.07, 6.45) is 7.10. The lowest BCUT2D eigenvalue weighted by Gasteiger charge is -2.32. The van der Waals surface area contributed by atoms with Crippen LogP contribution in [0.2, 0.25) is 0 Å². The molecule has 1 aliphatic rings. The van der Waals surface area contributed by atoms with Crippen molar-refractivity contribution < 1.29 is 9.59 Å². The van der Waals surface area contributed by atoms with Crippen molar-refractivity contribution in [3.05, 3.63) is 29.3 Å². The molecule has 0 aliphatic heterocycles. The molecule has 5 heteroatoms. The number of hydrogen-bond donors (Lipinski definition) is 2. The van der Waals surface area contributed by atoms with Gasteiger partial charge < -0.3 is 16.0 Å². The number of carbonyl (C=O) groups excluding carboxylic acids is 2. The normalized spacial score (nSPS) is 19.5. The number of nitrogens with zero attached hydrogens (tertiary/aromatic N) is 1. The molecule has 0 spiro atoms. The highest BCUT2D eigenvalue weighted by Crippen LogP contribution is 2.30. The van der Waals surface area contributed by atoms with Gasteiger partial charge in [0.05, 0.1) is 0 Å². The Morgan fingerprint density at radius 3 is 2.30 bits per heavy atom. The summed E-state index contributed by atoms with van der Waals surface area (Å²) in [4.78, 5) is 25.3. The average molecular weight is 374 g/mol. The maximum atomic E-state index is 12.7. The Morgan fingerprint density at radius 2 is 1.70 bits per heavy atom. The van der Waals surface area contributed by atoms with Gasteiger partial charge in [0.25, 0.3) is 0 Å². The van der Waals surface area contributed by atoms with Gasteiger partial charge in [-0.2, -0.15) is 0 Å². The second kappa shape index (κ2) is 10.3. The van der Waals surface area contributed by atoms with Crippen molar-refractivity contribution in [3.8, 4) is 0 Å². The molecule has 1 aliphatic carbocycles. The van der Waals surface area contributed by atoms with Gasteiger partial charge >= 0.3 is 0 Å². The van der Waals surface area contributed by atoms with Gasteiger partial charge in [-0.15, -0.1) is 0 Å². The van der Waals surface area contributed by atoms with Gasteiger partial charge in [0, 0.05) is 37.7 Å². The van der Waals surface area contributed by atoms with Gasteiger partial charge in [-0.25, -0.2) is 0 Å². The van der Waals surface area contributed by atoms with Crippen LogP contribution in [0.3, 0.4) is 0 Å². The zero-order valence-electron chi connectivity index (χ0n) is 17.1. The molecule has 2 rings (SSSR count). The van der Waals surface area contributed by atoms with Crippen molar-refractivity contribution in [2.24, 2.45) is 11.7 Å². The third-order valence-electron chi connectivity index (χ3n) is 5.70. The van der Waals surface area contributed by atoms with Crippen LogP contribution in [0.15, 0.2) is 18.2 Å². The topological polar surface area (TPSA) is 75.4 Å². The molecular formula is C22H35N3O2. The molecule has 0 aromatic heterocycles. The molecule has 0 saturated heterocycles. The van der Waals surface area contributed by atoms with Crippen LogP contribution in [-0.2, 0) is 9.59 Å². The third kappa shape index (κ3) is 6.56. The second-order valence-electron chi connectivity index (χ2n) is 8.00. The summed E-state index contributed by atoms with van der Waals surface area (Å²) in [7, 11) is 1.90. The van der Waals surface area contributed by atoms with Crippen molar-refractivity contribution in [2.75, 3.05) is 18.9 Å². The number of primary amides is 1. The van der Waals surface area contributed by atoms with Gasteiger partial charge in [-0.3, -0.25) is 9.59 Å². The number of anilines is 1. The smallest absolute Gasteiger partial charge is 0.225 e. The first-order valence-corrected chi connectivity index (χ1v) is 10.2. The van der Waals surface area contributed by atoms with Crippen LogP contribution in [0.25, 0.3) is 0 Å². The van der Waals surface area contributed by atoms with E-state index in [-0.39, 0.29) is 17.7 Å². The summed E-state index contributed by atoms with van der Waals surface area (Å²) in [6.45, 7) is 5.05. The minimum atomic E-state index is -0.245. The van der Waals surface area contributed by atoms with E-state index >= 15 is 0 Å². The van der Waals surface area contributed by atoms with Crippen molar-refractivity contribution >= 4 is 17.5 Å². The first-order chi connectivity index (χ1) is 12.9. The molecule has 0 heterocycles. The Balaban J connectivity index is 1.72. The maximum Gasteiger partial charge on any atom is 0.225 e. The monoisotopic (exact) mass is 373 g/mol. The molecule has 2 amide bonds. The third-order valence-corrected chi connectivity index (χ3v) is 5.70. The van der Waals surface area contributed by atoms with Gasteiger partial charge in [-0.05, 0) is 63.5 Å². The first-order valence-electron chi connectivity index (χ1n) is 10.2. The van der Waals surface area contributed by atoms with E-state index in [1.54, 1.807) is 0 Å². The minimum Gasteiger partial charge on any atom is -0.382 e. The highest BCUT2D eigenvalue weighted by Gasteiger charge is 2.28. The number of para-hydroxylation sites is 1. The Morgan fingerprint density at radius 1 is 1.07 bits per heavy atom. The molecule has 1 aromatic carbocycles. The van der Waals surface area contributed by atoms with E-state index in [9.17, 15) is 9.59 Å². The first kappa shape index (κ1) is 21.3. The average Bonchev–Trinajstić information content (AvgIpc) is 2.64. The predicted octanol–water partition coefficient (Wildman–Crippen LogP) is 3.78. The molecule has 0 atom stereocenters. The highest BCUT2D eigenvalue weighted by atomic mass is 16.2. The molecule has 1 saturated carbocycles. The number of amides is 2. The van der Waals surface area contributed by atoms with Gasteiger partial charge in [-0.1, -0.05) is 24.6 Å². The fourth-order valence-corrected chi connectivity index (χ4v) is 3.98. The number of hydrogen-bond acceptors (Lipinski definition) is 3. The number of carbonyl (C=O) groups is 2. The summed E-state index contributed by atoms with van der Waals surface area (Å²) in [6, 6.07) is 6.83. The lowest BCUT2D eigenvalue weighted by atomic mass is 9.85. The van der Waals surface area contributed by atoms with Crippen LogP contribution in [0, 0.1) is 19.8 Å². The maximum absolute atomic E-state index is 12.7. The van der Waals surface area contributed by atoms with E-state index in [4.69, 9.17) is 5.73 Å². The highest BCUT2D eigenvalue weighted by molar-refractivity contribution is 5.78. The largest absolute Gasteiger partial charge is 0.382 e. The van der Waals surface area contributed by atoms with E-state index < -0.39 is 0 Å². The van der Waals surface area contributed by atoms with Crippen molar-refractivity contribution in [1.29, 1.82) is 0 Å². The van der Waals surface area contributed by atoms with E-state index in [0.29, 0.717) is 12.5 Å². The summed E-state index contributed by atoms with van der Waals surface area (Å²) < 4.78 is 0. The number of nitrogens with two attached hydrogens (primary N) is 1. The molecule has 0 radical (unpaired) electrons. The number of aryl methyl sites for hydroxylation is 2. The van der Waals surface area contributed by atoms with Gasteiger partial charge in [0.1, 0.15) is 0 Å². The van der Waals surface area contributed by atoms with Crippen molar-refractivity contribution in [3.63, 3.8) is 0 Å². The lowest BCUT2D eigenvalue weighted by molar-refractivity contribution is -0.135. The molecule has 1 aromatic rings. The zero-order valence-corrected chi connectivity index (χ0v) is 17.1. The summed E-state index contributed by atoms with van der Waals surface area (Å²) in [5.41, 5.74) is 8.96. The minimum absolute atomic E-state index is 0.150. The van der Waals surface area contributed by atoms with Gasteiger partial charge in [0.2, 0.25) is 11.8 Å². The fraction of sp³-hybridized carbons (Fsp3) is 0.636. The Labute approximate surface area is 163 Å². The van der Waals surface area contributed by atoms with Crippen LogP contribution in [0.5, 0.6) is 0 Å². The number of rotatable bonds is 9. The molecule has 27 heavy (non-hydrogen) atoms. The lowest BCUT2D eigenvalue weighted by Crippen LogP contribution is -2.37. The van der Waals surface area contributed by atoms with Gasteiger partial charge in [0.15, 0.2) is 0 Å². The van der Waals surface area contributed by atoms with Crippen LogP contribution >= 0.6 is 0 Å². The molecule has 150 valence electrons. The predicted molar refractivity (Wildman–Crippen MR) is 111 cm³/mol. The molecule has 0 bridgehead atoms. The van der Waals surface area contributed by atoms with Crippen LogP contribution in [0.1, 0.15) is 62.5 Å². The Bertz CT molecular complexity index is 616. The van der Waals surface area contributed by atoms with Crippen LogP contribution in [0.4, 0.5) is 5.69 Å². The molecule has 1 fully saturated rings. The van der Waals surface area contributed by atoms with Crippen LogP contribution in [-0.4, -0.2) is 36.3 Å². The summed E-state index contributed by atoms with van der Waals surface area (Å²) >= 11 is 0. The van der Waals surface area contributed by atoms with Crippen LogP contribution < -0.4 is 11.1 Å². The number of unbranched alkanes of at least 4 members (excludes halogenated alkanes) is 2. The molecule has 0 unspecified atom stereocenters. The Hall–Kier alpha value is -2.04. The molecular weight excluding hydrogens is 338 g/mol. The summed E-state index contributed by atoms with van der Waals surface area (Å²) in [5, 5.41) is 3.70. The SMILES string of the molecule is Cc1cccc(C)c1NC1CCC(C(=O)N(C)CCCCCC(N)=O)CC1. The molecule has 5 nitrogen and oxygen atoms in total. The van der Waals surface area contributed by atoms with E-state index in [2.05, 4.69) is 37.4 Å². The molecule has 3 N–H and O–H groups in total.